The SMILES string of the molecule is CC.CCCC1OCCO1. The molecule has 0 aromatic heterocycles. The normalized spacial score (nSPS) is 18.3. The average molecular weight is 146 g/mol. The molecule has 1 heterocycles. The Morgan fingerprint density at radius 2 is 1.70 bits per heavy atom. The lowest BCUT2D eigenvalue weighted by molar-refractivity contribution is -0.0468. The minimum Gasteiger partial charge on any atom is -0.350 e. The van der Waals surface area contributed by atoms with Crippen molar-refractivity contribution in [2.75, 3.05) is 13.2 Å². The van der Waals surface area contributed by atoms with Crippen molar-refractivity contribution >= 4 is 0 Å². The Balaban J connectivity index is 0.000000371. The van der Waals surface area contributed by atoms with Crippen LogP contribution >= 0.6 is 0 Å². The zero-order valence-corrected chi connectivity index (χ0v) is 7.22. The molecule has 2 heteroatoms. The predicted octanol–water partition coefficient (Wildman–Crippen LogP) is 2.19. The standard InChI is InChI=1S/C6H12O2.C2H6/c1-2-3-6-7-4-5-8-6;1-2/h6H,2-5H2,1H3;1-2H3. The lowest BCUT2D eigenvalue weighted by Gasteiger charge is -2.04. The third-order valence-electron chi connectivity index (χ3n) is 1.22. The Morgan fingerprint density at radius 3 is 2.10 bits per heavy atom. The van der Waals surface area contributed by atoms with E-state index in [4.69, 9.17) is 9.47 Å². The van der Waals surface area contributed by atoms with Crippen molar-refractivity contribution in [3.05, 3.63) is 0 Å². The van der Waals surface area contributed by atoms with Crippen LogP contribution in [0.1, 0.15) is 33.6 Å². The fourth-order valence-corrected chi connectivity index (χ4v) is 0.810. The van der Waals surface area contributed by atoms with Crippen LogP contribution in [0.3, 0.4) is 0 Å². The van der Waals surface area contributed by atoms with Gasteiger partial charge in [-0.2, -0.15) is 0 Å². The number of rotatable bonds is 2. The maximum atomic E-state index is 5.17. The highest BCUT2D eigenvalue weighted by Gasteiger charge is 2.13. The molecular weight excluding hydrogens is 128 g/mol. The minimum absolute atomic E-state index is 0.111. The molecule has 0 aliphatic carbocycles. The van der Waals surface area contributed by atoms with Crippen LogP contribution < -0.4 is 0 Å². The van der Waals surface area contributed by atoms with Gasteiger partial charge in [0.15, 0.2) is 6.29 Å². The highest BCUT2D eigenvalue weighted by molar-refractivity contribution is 4.49. The molecule has 0 atom stereocenters. The highest BCUT2D eigenvalue weighted by Crippen LogP contribution is 2.08. The summed E-state index contributed by atoms with van der Waals surface area (Å²) < 4.78 is 10.3. The molecule has 0 N–H and O–H groups in total. The third-order valence-corrected chi connectivity index (χ3v) is 1.22. The van der Waals surface area contributed by atoms with Crippen LogP contribution in [0.4, 0.5) is 0 Å². The van der Waals surface area contributed by atoms with E-state index in [1.54, 1.807) is 0 Å². The molecule has 1 saturated heterocycles. The Labute approximate surface area is 63.5 Å². The number of hydrogen-bond acceptors (Lipinski definition) is 2. The van der Waals surface area contributed by atoms with E-state index in [0.29, 0.717) is 0 Å². The quantitative estimate of drug-likeness (QED) is 0.594. The second kappa shape index (κ2) is 7.03. The van der Waals surface area contributed by atoms with Crippen molar-refractivity contribution in [1.29, 1.82) is 0 Å². The molecule has 0 aromatic carbocycles. The fraction of sp³-hybridized carbons (Fsp3) is 1.00. The maximum Gasteiger partial charge on any atom is 0.157 e. The van der Waals surface area contributed by atoms with E-state index in [2.05, 4.69) is 6.92 Å². The Morgan fingerprint density at radius 1 is 1.20 bits per heavy atom. The highest BCUT2D eigenvalue weighted by atomic mass is 16.7. The monoisotopic (exact) mass is 146 g/mol. The van der Waals surface area contributed by atoms with Crippen molar-refractivity contribution in [3.8, 4) is 0 Å². The fourth-order valence-electron chi connectivity index (χ4n) is 0.810. The van der Waals surface area contributed by atoms with Crippen LogP contribution in [0.5, 0.6) is 0 Å². The van der Waals surface area contributed by atoms with Crippen molar-refractivity contribution in [3.63, 3.8) is 0 Å². The largest absolute Gasteiger partial charge is 0.350 e. The van der Waals surface area contributed by atoms with Crippen molar-refractivity contribution in [1.82, 2.24) is 0 Å². The van der Waals surface area contributed by atoms with Crippen molar-refractivity contribution in [2.24, 2.45) is 0 Å². The maximum absolute atomic E-state index is 5.17. The number of ether oxygens (including phenoxy) is 2. The van der Waals surface area contributed by atoms with Gasteiger partial charge in [0.05, 0.1) is 13.2 Å². The van der Waals surface area contributed by atoms with Gasteiger partial charge in [-0.3, -0.25) is 0 Å². The van der Waals surface area contributed by atoms with Gasteiger partial charge >= 0.3 is 0 Å². The van der Waals surface area contributed by atoms with Crippen LogP contribution in [0.25, 0.3) is 0 Å². The summed E-state index contributed by atoms with van der Waals surface area (Å²) in [6.07, 6.45) is 2.30. The number of hydrogen-bond donors (Lipinski definition) is 0. The van der Waals surface area contributed by atoms with Gasteiger partial charge in [0.1, 0.15) is 0 Å². The lowest BCUT2D eigenvalue weighted by Crippen LogP contribution is -2.05. The van der Waals surface area contributed by atoms with Crippen LogP contribution in [-0.2, 0) is 9.47 Å². The van der Waals surface area contributed by atoms with E-state index in [9.17, 15) is 0 Å². The van der Waals surface area contributed by atoms with E-state index in [1.807, 2.05) is 13.8 Å². The van der Waals surface area contributed by atoms with Gasteiger partial charge in [0.2, 0.25) is 0 Å². The summed E-state index contributed by atoms with van der Waals surface area (Å²) in [6, 6.07) is 0. The molecular formula is C8H18O2. The lowest BCUT2D eigenvalue weighted by atomic mass is 10.3. The molecule has 0 saturated carbocycles. The summed E-state index contributed by atoms with van der Waals surface area (Å²) in [4.78, 5) is 0. The average Bonchev–Trinajstić information content (AvgIpc) is 2.46. The van der Waals surface area contributed by atoms with Crippen LogP contribution in [-0.4, -0.2) is 19.5 Å². The van der Waals surface area contributed by atoms with Crippen LogP contribution in [0, 0.1) is 0 Å². The molecule has 10 heavy (non-hydrogen) atoms. The second-order valence-electron chi connectivity index (χ2n) is 1.96. The first kappa shape index (κ1) is 9.92. The first-order valence-corrected chi connectivity index (χ1v) is 4.16. The zero-order valence-electron chi connectivity index (χ0n) is 7.22. The first-order valence-electron chi connectivity index (χ1n) is 4.16. The molecule has 0 radical (unpaired) electrons. The Hall–Kier alpha value is -0.0800. The summed E-state index contributed by atoms with van der Waals surface area (Å²) in [7, 11) is 0. The van der Waals surface area contributed by atoms with E-state index >= 15 is 0 Å². The summed E-state index contributed by atoms with van der Waals surface area (Å²) in [6.45, 7) is 7.69. The van der Waals surface area contributed by atoms with Gasteiger partial charge in [0, 0.05) is 0 Å². The van der Waals surface area contributed by atoms with Crippen molar-refractivity contribution < 1.29 is 9.47 Å². The molecule has 1 aliphatic heterocycles. The predicted molar refractivity (Wildman–Crippen MR) is 41.9 cm³/mol. The summed E-state index contributed by atoms with van der Waals surface area (Å²) >= 11 is 0. The minimum atomic E-state index is 0.111. The molecule has 1 rings (SSSR count). The molecule has 0 unspecified atom stereocenters. The third kappa shape index (κ3) is 3.85. The van der Waals surface area contributed by atoms with E-state index in [1.165, 1.54) is 0 Å². The second-order valence-corrected chi connectivity index (χ2v) is 1.96. The molecule has 0 amide bonds. The summed E-state index contributed by atoms with van der Waals surface area (Å²) in [5.74, 6) is 0. The van der Waals surface area contributed by atoms with Crippen LogP contribution in [0.15, 0.2) is 0 Å². The van der Waals surface area contributed by atoms with Gasteiger partial charge in [-0.05, 0) is 6.42 Å². The molecule has 0 bridgehead atoms. The Bertz CT molecular complexity index is 58.3. The van der Waals surface area contributed by atoms with Crippen LogP contribution in [0.2, 0.25) is 0 Å². The van der Waals surface area contributed by atoms with Gasteiger partial charge in [-0.1, -0.05) is 27.2 Å². The van der Waals surface area contributed by atoms with Crippen molar-refractivity contribution in [2.45, 2.75) is 39.9 Å². The molecule has 2 nitrogen and oxygen atoms in total. The summed E-state index contributed by atoms with van der Waals surface area (Å²) in [5.41, 5.74) is 0. The molecule has 0 aromatic rings. The van der Waals surface area contributed by atoms with Gasteiger partial charge in [0.25, 0.3) is 0 Å². The van der Waals surface area contributed by atoms with E-state index in [-0.39, 0.29) is 6.29 Å². The Kier molecular flexibility index (Phi) is 6.98. The van der Waals surface area contributed by atoms with Gasteiger partial charge < -0.3 is 9.47 Å². The summed E-state index contributed by atoms with van der Waals surface area (Å²) in [5, 5.41) is 0. The molecule has 0 spiro atoms. The molecule has 1 fully saturated rings. The smallest absolute Gasteiger partial charge is 0.157 e. The van der Waals surface area contributed by atoms with E-state index < -0.39 is 0 Å². The van der Waals surface area contributed by atoms with E-state index in [0.717, 1.165) is 26.1 Å². The zero-order chi connectivity index (χ0) is 7.82. The van der Waals surface area contributed by atoms with Gasteiger partial charge in [-0.25, -0.2) is 0 Å². The molecule has 1 aliphatic rings. The first-order chi connectivity index (χ1) is 4.93. The van der Waals surface area contributed by atoms with Gasteiger partial charge in [-0.15, -0.1) is 0 Å². The molecule has 62 valence electrons. The topological polar surface area (TPSA) is 18.5 Å².